The second-order valence-electron chi connectivity index (χ2n) is 11.8. The van der Waals surface area contributed by atoms with E-state index >= 15 is 0 Å². The van der Waals surface area contributed by atoms with Gasteiger partial charge in [0, 0.05) is 19.3 Å². The van der Waals surface area contributed by atoms with Crippen LogP contribution in [-0.4, -0.2) is 114 Å². The van der Waals surface area contributed by atoms with Crippen LogP contribution in [0.3, 0.4) is 0 Å². The number of rotatable bonds is 16. The van der Waals surface area contributed by atoms with E-state index in [2.05, 4.69) is 0 Å². The van der Waals surface area contributed by atoms with E-state index in [1.54, 1.807) is 36.4 Å². The molecule has 3 aromatic carbocycles. The van der Waals surface area contributed by atoms with Crippen LogP contribution in [0.4, 0.5) is 0 Å². The first-order valence-electron chi connectivity index (χ1n) is 15.8. The van der Waals surface area contributed by atoms with Crippen molar-refractivity contribution < 1.29 is 69.0 Å². The standard InChI is InChI=1S/C36H44O14/c1-45-28-14-20(4-8-25(28)39)7-11-32(41)48-19-31-33(42)34(43)35(44)36(50-31)49-27-10-6-22(16-30(27)47-3)13-24(18-38)23(17-37)12-21-5-9-26(40)29(15-21)46-2/h4-11,14-16,23-24,31,33-40,42-44H,12-13,17-19H2,1-3H3/b11-7+/t23-,24-,31+,33+,34-,35+,36+/m0/s1. The molecule has 0 spiro atoms. The highest BCUT2D eigenvalue weighted by Gasteiger charge is 2.45. The summed E-state index contributed by atoms with van der Waals surface area (Å²) in [5, 5.41) is 71.7. The molecule has 0 radical (unpaired) electrons. The Kier molecular flexibility index (Phi) is 13.7. The zero-order chi connectivity index (χ0) is 36.4. The first kappa shape index (κ1) is 38.2. The molecule has 50 heavy (non-hydrogen) atoms. The molecule has 272 valence electrons. The van der Waals surface area contributed by atoms with Gasteiger partial charge in [-0.1, -0.05) is 18.2 Å². The van der Waals surface area contributed by atoms with Crippen molar-refractivity contribution in [3.05, 3.63) is 77.4 Å². The summed E-state index contributed by atoms with van der Waals surface area (Å²) in [6.07, 6.45) is -4.38. The zero-order valence-electron chi connectivity index (χ0n) is 27.9. The number of hydrogen-bond acceptors (Lipinski definition) is 14. The molecule has 14 nitrogen and oxygen atoms in total. The minimum Gasteiger partial charge on any atom is -0.504 e. The number of carbonyl (C=O) groups excluding carboxylic acids is 1. The van der Waals surface area contributed by atoms with Gasteiger partial charge in [0.25, 0.3) is 0 Å². The molecular weight excluding hydrogens is 656 g/mol. The SMILES string of the molecule is COc1cc(/C=C/C(=O)OC[C@H]2O[C@@H](Oc3ccc(C[C@@H](CO)[C@H](CO)Cc4ccc(O)c(OC)c4)cc3OC)[C@H](O)[C@@H](O)[C@@H]2O)ccc1O. The predicted molar refractivity (Wildman–Crippen MR) is 178 cm³/mol. The molecule has 0 unspecified atom stereocenters. The Morgan fingerprint density at radius 2 is 1.30 bits per heavy atom. The highest BCUT2D eigenvalue weighted by molar-refractivity contribution is 5.87. The van der Waals surface area contributed by atoms with E-state index in [1.165, 1.54) is 45.6 Å². The number of carbonyl (C=O) groups is 1. The summed E-state index contributed by atoms with van der Waals surface area (Å²) >= 11 is 0. The Morgan fingerprint density at radius 3 is 1.90 bits per heavy atom. The van der Waals surface area contributed by atoms with Crippen molar-refractivity contribution in [3.63, 3.8) is 0 Å². The highest BCUT2D eigenvalue weighted by atomic mass is 16.7. The van der Waals surface area contributed by atoms with E-state index in [0.717, 1.165) is 17.2 Å². The molecule has 1 aliphatic rings. The number of ether oxygens (including phenoxy) is 6. The Bertz CT molecular complexity index is 1590. The van der Waals surface area contributed by atoms with E-state index in [4.69, 9.17) is 28.4 Å². The van der Waals surface area contributed by atoms with Gasteiger partial charge in [0.15, 0.2) is 34.5 Å². The topological polar surface area (TPSA) is 214 Å². The number of aromatic hydroxyl groups is 2. The molecule has 0 saturated carbocycles. The lowest BCUT2D eigenvalue weighted by Crippen LogP contribution is -2.60. The van der Waals surface area contributed by atoms with Crippen LogP contribution in [0.25, 0.3) is 6.08 Å². The second kappa shape index (κ2) is 17.9. The molecule has 0 aromatic heterocycles. The van der Waals surface area contributed by atoms with E-state index in [-0.39, 0.29) is 53.8 Å². The van der Waals surface area contributed by atoms with Gasteiger partial charge in [-0.2, -0.15) is 0 Å². The van der Waals surface area contributed by atoms with Gasteiger partial charge in [0.05, 0.1) is 21.3 Å². The average Bonchev–Trinajstić information content (AvgIpc) is 3.13. The fraction of sp³-hybridized carbons (Fsp3) is 0.417. The fourth-order valence-electron chi connectivity index (χ4n) is 5.60. The van der Waals surface area contributed by atoms with Crippen molar-refractivity contribution in [2.45, 2.75) is 43.5 Å². The van der Waals surface area contributed by atoms with Crippen molar-refractivity contribution in [3.8, 4) is 34.5 Å². The molecule has 1 fully saturated rings. The summed E-state index contributed by atoms with van der Waals surface area (Å²) in [6, 6.07) is 14.4. The molecule has 3 aromatic rings. The Morgan fingerprint density at radius 1 is 0.740 bits per heavy atom. The third-order valence-corrected chi connectivity index (χ3v) is 8.52. The Balaban J connectivity index is 1.40. The molecule has 1 aliphatic heterocycles. The van der Waals surface area contributed by atoms with Crippen molar-refractivity contribution in [2.75, 3.05) is 41.2 Å². The number of phenolic OH excluding ortho intramolecular Hbond substituents is 2. The minimum absolute atomic E-state index is 0.00164. The second-order valence-corrected chi connectivity index (χ2v) is 11.8. The molecule has 7 N–H and O–H groups in total. The van der Waals surface area contributed by atoms with Gasteiger partial charge in [0.1, 0.15) is 31.0 Å². The largest absolute Gasteiger partial charge is 0.504 e. The predicted octanol–water partition coefficient (Wildman–Crippen LogP) is 1.57. The van der Waals surface area contributed by atoms with Crippen LogP contribution in [0.2, 0.25) is 0 Å². The lowest BCUT2D eigenvalue weighted by molar-refractivity contribution is -0.278. The van der Waals surface area contributed by atoms with Crippen LogP contribution in [0.1, 0.15) is 16.7 Å². The van der Waals surface area contributed by atoms with E-state index in [1.807, 2.05) is 0 Å². The van der Waals surface area contributed by atoms with Gasteiger partial charge in [-0.05, 0) is 83.8 Å². The zero-order valence-corrected chi connectivity index (χ0v) is 27.9. The molecule has 1 saturated heterocycles. The number of phenols is 2. The van der Waals surface area contributed by atoms with Crippen LogP contribution in [0.15, 0.2) is 60.7 Å². The third-order valence-electron chi connectivity index (χ3n) is 8.52. The number of benzene rings is 3. The minimum atomic E-state index is -1.70. The van der Waals surface area contributed by atoms with E-state index in [9.17, 15) is 40.5 Å². The summed E-state index contributed by atoms with van der Waals surface area (Å²) in [6.45, 7) is -0.886. The Hall–Kier alpha value is -4.57. The average molecular weight is 701 g/mol. The molecule has 0 bridgehead atoms. The summed E-state index contributed by atoms with van der Waals surface area (Å²) in [5.74, 6) is -0.603. The van der Waals surface area contributed by atoms with Crippen LogP contribution in [0, 0.1) is 11.8 Å². The molecule has 14 heteroatoms. The number of esters is 1. The van der Waals surface area contributed by atoms with Crippen molar-refractivity contribution in [1.82, 2.24) is 0 Å². The van der Waals surface area contributed by atoms with Gasteiger partial charge in [-0.15, -0.1) is 0 Å². The number of aliphatic hydroxyl groups is 5. The third kappa shape index (κ3) is 9.56. The van der Waals surface area contributed by atoms with Crippen LogP contribution in [-0.2, 0) is 27.1 Å². The molecular formula is C36H44O14. The van der Waals surface area contributed by atoms with Gasteiger partial charge in [0.2, 0.25) is 6.29 Å². The van der Waals surface area contributed by atoms with E-state index in [0.29, 0.717) is 24.2 Å². The van der Waals surface area contributed by atoms with Gasteiger partial charge in [-0.25, -0.2) is 4.79 Å². The summed E-state index contributed by atoms with van der Waals surface area (Å²) in [4.78, 5) is 12.4. The van der Waals surface area contributed by atoms with Crippen LogP contribution < -0.4 is 18.9 Å². The van der Waals surface area contributed by atoms with Gasteiger partial charge < -0.3 is 64.2 Å². The molecule has 0 amide bonds. The van der Waals surface area contributed by atoms with Crippen molar-refractivity contribution in [1.29, 1.82) is 0 Å². The van der Waals surface area contributed by atoms with Crippen LogP contribution in [0.5, 0.6) is 34.5 Å². The fourth-order valence-corrected chi connectivity index (χ4v) is 5.60. The number of aliphatic hydroxyl groups excluding tert-OH is 5. The smallest absolute Gasteiger partial charge is 0.330 e. The molecule has 1 heterocycles. The molecule has 4 rings (SSSR count). The maximum atomic E-state index is 12.4. The van der Waals surface area contributed by atoms with E-state index < -0.39 is 43.3 Å². The van der Waals surface area contributed by atoms with Crippen LogP contribution >= 0.6 is 0 Å². The van der Waals surface area contributed by atoms with Crippen molar-refractivity contribution >= 4 is 12.0 Å². The lowest BCUT2D eigenvalue weighted by atomic mass is 9.83. The maximum Gasteiger partial charge on any atom is 0.330 e. The first-order valence-corrected chi connectivity index (χ1v) is 15.8. The lowest BCUT2D eigenvalue weighted by Gasteiger charge is -2.40. The first-order chi connectivity index (χ1) is 24.0. The quantitative estimate of drug-likeness (QED) is 0.0835. The number of methoxy groups -OCH3 is 3. The summed E-state index contributed by atoms with van der Waals surface area (Å²) in [5.41, 5.74) is 2.11. The number of hydrogen-bond donors (Lipinski definition) is 7. The highest BCUT2D eigenvalue weighted by Crippen LogP contribution is 2.34. The van der Waals surface area contributed by atoms with Crippen molar-refractivity contribution in [2.24, 2.45) is 11.8 Å². The monoisotopic (exact) mass is 700 g/mol. The van der Waals surface area contributed by atoms with Gasteiger partial charge in [-0.3, -0.25) is 0 Å². The Labute approximate surface area is 289 Å². The summed E-state index contributed by atoms with van der Waals surface area (Å²) < 4.78 is 32.5. The normalized spacial score (nSPS) is 21.7. The van der Waals surface area contributed by atoms with Gasteiger partial charge >= 0.3 is 5.97 Å². The summed E-state index contributed by atoms with van der Waals surface area (Å²) in [7, 11) is 4.25. The molecule has 7 atom stereocenters. The molecule has 0 aliphatic carbocycles. The maximum absolute atomic E-state index is 12.4.